The number of nitrogens with zero attached hydrogens (tertiary/aromatic N) is 2. The Morgan fingerprint density at radius 3 is 2.18 bits per heavy atom. The quantitative estimate of drug-likeness (QED) is 0.105. The number of unbranched alkanes of at least 4 members (excludes halogenated alkanes) is 9. The summed E-state index contributed by atoms with van der Waals surface area (Å²) in [5.74, 6) is 1.36. The lowest BCUT2D eigenvalue weighted by Gasteiger charge is -2.21. The zero-order chi connectivity index (χ0) is 26.7. The third-order valence-electron chi connectivity index (χ3n) is 7.48. The van der Waals surface area contributed by atoms with Crippen LogP contribution in [0.25, 0.3) is 0 Å². The summed E-state index contributed by atoms with van der Waals surface area (Å²) in [5, 5.41) is 0. The van der Waals surface area contributed by atoms with Crippen molar-refractivity contribution in [3.05, 3.63) is 78.1 Å². The van der Waals surface area contributed by atoms with E-state index in [0.29, 0.717) is 5.92 Å². The first-order valence-corrected chi connectivity index (χ1v) is 15.4. The number of hydrogen-bond donors (Lipinski definition) is 0. The maximum Gasteiger partial charge on any atom is 0.201 e. The second-order valence-electron chi connectivity index (χ2n) is 10.6. The Morgan fingerprint density at radius 1 is 0.763 bits per heavy atom. The van der Waals surface area contributed by atoms with E-state index >= 15 is 0 Å². The maximum absolute atomic E-state index is 6.14. The minimum Gasteiger partial charge on any atom is -0.493 e. The Kier molecular flexibility index (Phi) is 14.8. The van der Waals surface area contributed by atoms with Crippen LogP contribution in [0, 0.1) is 0 Å². The molecule has 0 aliphatic carbocycles. The van der Waals surface area contributed by atoms with Crippen molar-refractivity contribution in [1.82, 2.24) is 9.55 Å². The molecular weight excluding hydrogens is 463 g/mol. The number of imidazole rings is 1. The molecule has 3 rings (SSSR count). The third-order valence-corrected chi connectivity index (χ3v) is 7.48. The van der Waals surface area contributed by atoms with E-state index in [-0.39, 0.29) is 0 Å². The van der Waals surface area contributed by atoms with Crippen LogP contribution in [0.4, 0.5) is 0 Å². The van der Waals surface area contributed by atoms with Crippen LogP contribution in [0.2, 0.25) is 6.32 Å². The van der Waals surface area contributed by atoms with Crippen LogP contribution < -0.4 is 10.5 Å². The van der Waals surface area contributed by atoms with Crippen LogP contribution in [-0.2, 0) is 6.54 Å². The Balaban J connectivity index is 1.43. The van der Waals surface area contributed by atoms with Crippen LogP contribution in [0.1, 0.15) is 114 Å². The Hall–Kier alpha value is -2.49. The van der Waals surface area contributed by atoms with E-state index in [9.17, 15) is 0 Å². The van der Waals surface area contributed by atoms with Gasteiger partial charge in [0.2, 0.25) is 7.28 Å². The second kappa shape index (κ2) is 18.7. The monoisotopic (exact) mass is 513 g/mol. The summed E-state index contributed by atoms with van der Waals surface area (Å²) in [6.45, 7) is 6.29. The molecule has 4 heteroatoms. The van der Waals surface area contributed by atoms with Gasteiger partial charge in [0.25, 0.3) is 0 Å². The predicted octanol–water partition coefficient (Wildman–Crippen LogP) is 8.95. The van der Waals surface area contributed by atoms with Crippen molar-refractivity contribution in [2.75, 3.05) is 6.61 Å². The Morgan fingerprint density at radius 2 is 1.45 bits per heavy atom. The van der Waals surface area contributed by atoms with Crippen LogP contribution in [0.3, 0.4) is 0 Å². The second-order valence-corrected chi connectivity index (χ2v) is 10.6. The highest BCUT2D eigenvalue weighted by Crippen LogP contribution is 2.35. The largest absolute Gasteiger partial charge is 0.493 e. The smallest absolute Gasteiger partial charge is 0.201 e. The molecule has 0 bridgehead atoms. The number of benzene rings is 2. The molecule has 3 nitrogen and oxygen atoms in total. The standard InChI is InChI=1S/C34H50BN2O/c1-3-5-6-7-8-9-10-11-12-18-27-37-28-26-36-34(37)35-25-19-23-31(30-20-14-13-15-21-30)32-22-16-17-24-33(32)38-29-4-2/h13-17,20-22,24,26,28,31H,3-12,18-19,23,25,27,29H2,1-2H3. The molecule has 0 saturated heterocycles. The van der Waals surface area contributed by atoms with Gasteiger partial charge in [-0.15, -0.1) is 0 Å². The van der Waals surface area contributed by atoms with E-state index in [4.69, 9.17) is 4.74 Å². The molecule has 0 aliphatic rings. The van der Waals surface area contributed by atoms with E-state index in [0.717, 1.165) is 50.2 Å². The van der Waals surface area contributed by atoms with E-state index in [2.05, 4.69) is 91.5 Å². The minimum absolute atomic E-state index is 0.337. The molecule has 205 valence electrons. The number of hydrogen-bond acceptors (Lipinski definition) is 2. The van der Waals surface area contributed by atoms with Crippen molar-refractivity contribution in [3.8, 4) is 5.75 Å². The number of aryl methyl sites for hydroxylation is 1. The summed E-state index contributed by atoms with van der Waals surface area (Å²) in [6.07, 6.45) is 22.1. The number of para-hydroxylation sites is 1. The van der Waals surface area contributed by atoms with Crippen molar-refractivity contribution in [2.45, 2.75) is 116 Å². The molecule has 3 aromatic rings. The van der Waals surface area contributed by atoms with Crippen molar-refractivity contribution in [3.63, 3.8) is 0 Å². The van der Waals surface area contributed by atoms with Crippen molar-refractivity contribution >= 4 is 13.0 Å². The fraction of sp³-hybridized carbons (Fsp3) is 0.559. The average Bonchev–Trinajstić information content (AvgIpc) is 3.41. The molecule has 1 atom stereocenters. The fourth-order valence-corrected chi connectivity index (χ4v) is 5.32. The Labute approximate surface area is 233 Å². The first-order valence-electron chi connectivity index (χ1n) is 15.4. The molecule has 38 heavy (non-hydrogen) atoms. The van der Waals surface area contributed by atoms with Gasteiger partial charge < -0.3 is 9.30 Å². The summed E-state index contributed by atoms with van der Waals surface area (Å²) in [6, 6.07) is 19.5. The molecule has 1 aromatic heterocycles. The van der Waals surface area contributed by atoms with Gasteiger partial charge in [-0.2, -0.15) is 0 Å². The summed E-state index contributed by atoms with van der Waals surface area (Å²) < 4.78 is 8.48. The molecule has 0 aliphatic heterocycles. The predicted molar refractivity (Wildman–Crippen MR) is 164 cm³/mol. The van der Waals surface area contributed by atoms with Crippen LogP contribution in [-0.4, -0.2) is 23.4 Å². The highest BCUT2D eigenvalue weighted by Gasteiger charge is 2.18. The SMILES string of the molecule is CCCCCCCCCCCCn1ccnc1[B]CCCC(c1ccccc1)c1ccccc1OCCC. The lowest BCUT2D eigenvalue weighted by atomic mass is 9.70. The third kappa shape index (κ3) is 10.7. The molecule has 1 unspecified atom stereocenters. The zero-order valence-electron chi connectivity index (χ0n) is 24.1. The summed E-state index contributed by atoms with van der Waals surface area (Å²) in [5.41, 5.74) is 3.79. The fourth-order valence-electron chi connectivity index (χ4n) is 5.32. The number of ether oxygens (including phenoxy) is 1. The first-order chi connectivity index (χ1) is 18.8. The van der Waals surface area contributed by atoms with Gasteiger partial charge in [0.15, 0.2) is 0 Å². The molecule has 0 spiro atoms. The van der Waals surface area contributed by atoms with Crippen molar-refractivity contribution in [2.24, 2.45) is 0 Å². The summed E-state index contributed by atoms with van der Waals surface area (Å²) >= 11 is 0. The van der Waals surface area contributed by atoms with Gasteiger partial charge in [-0.3, -0.25) is 4.98 Å². The highest BCUT2D eigenvalue weighted by atomic mass is 16.5. The van der Waals surface area contributed by atoms with Gasteiger partial charge in [0, 0.05) is 30.4 Å². The van der Waals surface area contributed by atoms with Crippen LogP contribution >= 0.6 is 0 Å². The minimum atomic E-state index is 0.337. The molecule has 1 heterocycles. The molecular formula is C34H50BN2O. The summed E-state index contributed by atoms with van der Waals surface area (Å²) in [7, 11) is 2.33. The van der Waals surface area contributed by atoms with Gasteiger partial charge in [-0.05, 0) is 30.9 Å². The van der Waals surface area contributed by atoms with Gasteiger partial charge >= 0.3 is 0 Å². The number of rotatable bonds is 21. The van der Waals surface area contributed by atoms with Gasteiger partial charge in [0.05, 0.1) is 12.3 Å². The van der Waals surface area contributed by atoms with Crippen LogP contribution in [0.15, 0.2) is 67.0 Å². The van der Waals surface area contributed by atoms with Gasteiger partial charge in [-0.1, -0.05) is 133 Å². The molecule has 0 saturated carbocycles. The highest BCUT2D eigenvalue weighted by molar-refractivity contribution is 6.51. The van der Waals surface area contributed by atoms with Crippen LogP contribution in [0.5, 0.6) is 5.75 Å². The Bertz CT molecular complexity index is 987. The lowest BCUT2D eigenvalue weighted by Crippen LogP contribution is -2.26. The van der Waals surface area contributed by atoms with E-state index in [1.807, 2.05) is 6.20 Å². The topological polar surface area (TPSA) is 27.1 Å². The van der Waals surface area contributed by atoms with E-state index < -0.39 is 0 Å². The van der Waals surface area contributed by atoms with Gasteiger partial charge in [-0.25, -0.2) is 0 Å². The van der Waals surface area contributed by atoms with E-state index in [1.54, 1.807) is 0 Å². The molecule has 0 amide bonds. The van der Waals surface area contributed by atoms with Crippen molar-refractivity contribution < 1.29 is 4.74 Å². The van der Waals surface area contributed by atoms with Crippen molar-refractivity contribution in [1.29, 1.82) is 0 Å². The maximum atomic E-state index is 6.14. The van der Waals surface area contributed by atoms with Gasteiger partial charge in [0.1, 0.15) is 5.75 Å². The normalized spacial score (nSPS) is 11.9. The molecule has 1 radical (unpaired) electrons. The molecule has 2 aromatic carbocycles. The average molecular weight is 514 g/mol. The zero-order valence-corrected chi connectivity index (χ0v) is 24.1. The lowest BCUT2D eigenvalue weighted by molar-refractivity contribution is 0.312. The molecule has 0 fully saturated rings. The summed E-state index contributed by atoms with van der Waals surface area (Å²) in [4.78, 5) is 4.65. The number of aromatic nitrogens is 2. The first kappa shape index (κ1) is 30.1. The van der Waals surface area contributed by atoms with E-state index in [1.165, 1.54) is 75.3 Å². The molecule has 0 N–H and O–H groups in total.